The van der Waals surface area contributed by atoms with Crippen molar-refractivity contribution in [1.29, 1.82) is 0 Å². The number of anilines is 2. The molecule has 3 aromatic rings. The van der Waals surface area contributed by atoms with Crippen molar-refractivity contribution < 1.29 is 23.8 Å². The van der Waals surface area contributed by atoms with Crippen LogP contribution in [0.15, 0.2) is 66.7 Å². The zero-order valence-corrected chi connectivity index (χ0v) is 19.1. The number of amides is 3. The second-order valence-electron chi connectivity index (χ2n) is 8.43. The van der Waals surface area contributed by atoms with Gasteiger partial charge in [0.2, 0.25) is 0 Å². The fourth-order valence-corrected chi connectivity index (χ4v) is 4.58. The smallest absolute Gasteiger partial charge is 0.325 e. The van der Waals surface area contributed by atoms with Crippen LogP contribution in [0.3, 0.4) is 0 Å². The molecule has 2 N–H and O–H groups in total. The normalized spacial score (nSPS) is 20.5. The van der Waals surface area contributed by atoms with Gasteiger partial charge in [-0.15, -0.1) is 0 Å². The zero-order valence-electron chi connectivity index (χ0n) is 19.1. The number of carbonyl (C=O) groups is 2. The number of ether oxygens (including phenoxy) is 3. The molecule has 8 heteroatoms. The average Bonchev–Trinajstić information content (AvgIpc) is 2.84. The van der Waals surface area contributed by atoms with Crippen molar-refractivity contribution in [1.82, 2.24) is 5.32 Å². The maximum Gasteiger partial charge on any atom is 0.325 e. The number of methoxy groups -OCH3 is 2. The minimum atomic E-state index is -0.959. The lowest BCUT2D eigenvalue weighted by Crippen LogP contribution is -2.65. The third kappa shape index (κ3) is 3.67. The summed E-state index contributed by atoms with van der Waals surface area (Å²) in [6.45, 7) is 1.87. The quantitative estimate of drug-likeness (QED) is 0.576. The van der Waals surface area contributed by atoms with E-state index < -0.39 is 5.72 Å². The predicted molar refractivity (Wildman–Crippen MR) is 128 cm³/mol. The fourth-order valence-electron chi connectivity index (χ4n) is 4.58. The SMILES string of the molecule is COc1ccc(NC(=O)c2cccc(N3C(=O)NC4CC3(C)Oc3c(OC)cccc34)c2)cc1. The first kappa shape index (κ1) is 21.6. The van der Waals surface area contributed by atoms with Crippen molar-refractivity contribution in [2.75, 3.05) is 24.4 Å². The lowest BCUT2D eigenvalue weighted by Gasteiger charge is -2.50. The Hall–Kier alpha value is -4.20. The summed E-state index contributed by atoms with van der Waals surface area (Å²) < 4.78 is 17.0. The van der Waals surface area contributed by atoms with Gasteiger partial charge in [-0.25, -0.2) is 4.79 Å². The van der Waals surface area contributed by atoms with Crippen LogP contribution in [0.25, 0.3) is 0 Å². The Morgan fingerprint density at radius 2 is 1.85 bits per heavy atom. The second-order valence-corrected chi connectivity index (χ2v) is 8.43. The topological polar surface area (TPSA) is 89.1 Å². The number of hydrogen-bond acceptors (Lipinski definition) is 5. The monoisotopic (exact) mass is 459 g/mol. The lowest BCUT2D eigenvalue weighted by atomic mass is 9.89. The van der Waals surface area contributed by atoms with Gasteiger partial charge in [-0.1, -0.05) is 18.2 Å². The Balaban J connectivity index is 1.44. The first-order chi connectivity index (χ1) is 16.4. The highest BCUT2D eigenvalue weighted by Gasteiger charge is 2.50. The Morgan fingerprint density at radius 1 is 1.09 bits per heavy atom. The highest BCUT2D eigenvalue weighted by molar-refractivity contribution is 6.05. The van der Waals surface area contributed by atoms with Crippen LogP contribution in [0.4, 0.5) is 16.2 Å². The van der Waals surface area contributed by atoms with Crippen molar-refractivity contribution in [3.63, 3.8) is 0 Å². The number of rotatable bonds is 5. The molecule has 0 spiro atoms. The first-order valence-electron chi connectivity index (χ1n) is 10.9. The highest BCUT2D eigenvalue weighted by Crippen LogP contribution is 2.49. The molecule has 3 aromatic carbocycles. The fraction of sp³-hybridized carbons (Fsp3) is 0.231. The van der Waals surface area contributed by atoms with Crippen LogP contribution in [0, 0.1) is 0 Å². The molecule has 0 saturated carbocycles. The van der Waals surface area contributed by atoms with Gasteiger partial charge in [0.1, 0.15) is 5.75 Å². The molecule has 2 aliphatic rings. The van der Waals surface area contributed by atoms with E-state index in [1.165, 1.54) is 0 Å². The summed E-state index contributed by atoms with van der Waals surface area (Å²) in [6, 6.07) is 19.2. The minimum absolute atomic E-state index is 0.200. The lowest BCUT2D eigenvalue weighted by molar-refractivity contribution is 0.0349. The number of fused-ring (bicyclic) bond motifs is 4. The van der Waals surface area contributed by atoms with Crippen molar-refractivity contribution >= 4 is 23.3 Å². The highest BCUT2D eigenvalue weighted by atomic mass is 16.5. The van der Waals surface area contributed by atoms with E-state index in [2.05, 4.69) is 10.6 Å². The van der Waals surface area contributed by atoms with Gasteiger partial charge in [-0.05, 0) is 55.5 Å². The molecule has 1 saturated heterocycles. The van der Waals surface area contributed by atoms with Crippen LogP contribution in [0.2, 0.25) is 0 Å². The van der Waals surface area contributed by atoms with Crippen LogP contribution in [0.5, 0.6) is 17.2 Å². The molecule has 34 heavy (non-hydrogen) atoms. The van der Waals surface area contributed by atoms with E-state index in [-0.39, 0.29) is 18.0 Å². The maximum atomic E-state index is 13.2. The number of hydrogen-bond donors (Lipinski definition) is 2. The van der Waals surface area contributed by atoms with Crippen LogP contribution in [0.1, 0.15) is 35.3 Å². The van der Waals surface area contributed by atoms with Crippen molar-refractivity contribution in [2.45, 2.75) is 25.1 Å². The molecule has 2 atom stereocenters. The van der Waals surface area contributed by atoms with Gasteiger partial charge in [-0.2, -0.15) is 0 Å². The van der Waals surface area contributed by atoms with E-state index in [1.54, 1.807) is 67.7 Å². The minimum Gasteiger partial charge on any atom is -0.497 e. The summed E-state index contributed by atoms with van der Waals surface area (Å²) in [6.07, 6.45) is 0.543. The van der Waals surface area contributed by atoms with E-state index in [0.29, 0.717) is 40.6 Å². The van der Waals surface area contributed by atoms with E-state index in [1.807, 2.05) is 25.1 Å². The third-order valence-corrected chi connectivity index (χ3v) is 6.20. The number of nitrogens with one attached hydrogen (secondary N) is 2. The van der Waals surface area contributed by atoms with Gasteiger partial charge in [0.25, 0.3) is 5.91 Å². The number of carbonyl (C=O) groups excluding carboxylic acids is 2. The van der Waals surface area contributed by atoms with E-state index in [0.717, 1.165) is 5.56 Å². The Bertz CT molecular complexity index is 1260. The Labute approximate surface area is 197 Å². The average molecular weight is 460 g/mol. The van der Waals surface area contributed by atoms with E-state index in [4.69, 9.17) is 14.2 Å². The molecule has 2 bridgehead atoms. The largest absolute Gasteiger partial charge is 0.497 e. The van der Waals surface area contributed by atoms with Crippen molar-refractivity contribution in [3.8, 4) is 17.2 Å². The molecule has 1 fully saturated rings. The number of nitrogens with zero attached hydrogens (tertiary/aromatic N) is 1. The molecule has 0 aliphatic carbocycles. The molecular weight excluding hydrogens is 434 g/mol. The van der Waals surface area contributed by atoms with Gasteiger partial charge in [0.05, 0.1) is 25.9 Å². The van der Waals surface area contributed by atoms with E-state index in [9.17, 15) is 9.59 Å². The Kier molecular flexibility index (Phi) is 5.28. The van der Waals surface area contributed by atoms with Crippen molar-refractivity contribution in [3.05, 3.63) is 77.9 Å². The molecule has 0 aromatic heterocycles. The molecule has 174 valence electrons. The molecule has 3 amide bonds. The van der Waals surface area contributed by atoms with Gasteiger partial charge < -0.3 is 24.8 Å². The van der Waals surface area contributed by atoms with Crippen LogP contribution < -0.4 is 29.7 Å². The number of benzene rings is 3. The summed E-state index contributed by atoms with van der Waals surface area (Å²) in [5.41, 5.74) is 1.54. The molecule has 0 radical (unpaired) electrons. The predicted octanol–water partition coefficient (Wildman–Crippen LogP) is 4.73. The molecule has 2 unspecified atom stereocenters. The molecular formula is C26H25N3O5. The molecule has 8 nitrogen and oxygen atoms in total. The van der Waals surface area contributed by atoms with Gasteiger partial charge >= 0.3 is 6.03 Å². The maximum absolute atomic E-state index is 13.2. The van der Waals surface area contributed by atoms with Gasteiger partial charge in [-0.3, -0.25) is 9.69 Å². The Morgan fingerprint density at radius 3 is 2.59 bits per heavy atom. The summed E-state index contributed by atoms with van der Waals surface area (Å²) in [4.78, 5) is 27.7. The standard InChI is InChI=1S/C26H25N3O5/c1-26-15-21(20-8-5-9-22(33-3)23(20)34-26)28-25(31)29(26)18-7-4-6-16(14-18)24(30)27-17-10-12-19(32-2)13-11-17/h4-14,21H,15H2,1-3H3,(H,27,30)(H,28,31). The second kappa shape index (κ2) is 8.30. The third-order valence-electron chi connectivity index (χ3n) is 6.20. The van der Waals surface area contributed by atoms with Gasteiger partial charge in [0, 0.05) is 23.2 Å². The molecule has 2 heterocycles. The van der Waals surface area contributed by atoms with Crippen molar-refractivity contribution in [2.24, 2.45) is 0 Å². The molecule has 5 rings (SSSR count). The zero-order chi connectivity index (χ0) is 23.9. The molecule has 2 aliphatic heterocycles. The summed E-state index contributed by atoms with van der Waals surface area (Å²) in [5, 5.41) is 5.94. The van der Waals surface area contributed by atoms with Gasteiger partial charge in [0.15, 0.2) is 17.2 Å². The first-order valence-corrected chi connectivity index (χ1v) is 10.9. The number of para-hydroxylation sites is 1. The van der Waals surface area contributed by atoms with Crippen LogP contribution in [-0.2, 0) is 0 Å². The van der Waals surface area contributed by atoms with Crippen LogP contribution >= 0.6 is 0 Å². The summed E-state index contributed by atoms with van der Waals surface area (Å²) in [7, 11) is 3.18. The summed E-state index contributed by atoms with van der Waals surface area (Å²) in [5.74, 6) is 1.64. The van der Waals surface area contributed by atoms with Crippen LogP contribution in [-0.4, -0.2) is 31.9 Å². The summed E-state index contributed by atoms with van der Waals surface area (Å²) >= 11 is 0. The van der Waals surface area contributed by atoms with E-state index >= 15 is 0 Å². The number of urea groups is 1.